The maximum absolute atomic E-state index is 13.1. The summed E-state index contributed by atoms with van der Waals surface area (Å²) in [6.45, 7) is 11.1. The Morgan fingerprint density at radius 1 is 0.933 bits per heavy atom. The monoisotopic (exact) mass is 430 g/mol. The van der Waals surface area contributed by atoms with Crippen LogP contribution in [0, 0.1) is 34.6 Å². The maximum atomic E-state index is 13.1. The molecule has 1 aliphatic rings. The second kappa shape index (κ2) is 7.47. The summed E-state index contributed by atoms with van der Waals surface area (Å²) in [7, 11) is -3.58. The largest absolute Gasteiger partial charge is 0.354 e. The fourth-order valence-electron chi connectivity index (χ4n) is 3.88. The lowest BCUT2D eigenvalue weighted by atomic mass is 10.3. The van der Waals surface area contributed by atoms with Crippen LogP contribution in [0.2, 0.25) is 0 Å². The predicted molar refractivity (Wildman–Crippen MR) is 112 cm³/mol. The van der Waals surface area contributed by atoms with Crippen LogP contribution in [0.1, 0.15) is 28.6 Å². The minimum atomic E-state index is -3.58. The van der Waals surface area contributed by atoms with Gasteiger partial charge in [-0.05, 0) is 40.7 Å². The fraction of sp³-hybridized carbons (Fsp3) is 0.474. The summed E-state index contributed by atoms with van der Waals surface area (Å²) >= 11 is 0. The number of nitrogens with one attached hydrogen (secondary N) is 1. The highest BCUT2D eigenvalue weighted by Gasteiger charge is 2.32. The van der Waals surface area contributed by atoms with E-state index in [1.807, 2.05) is 32.9 Å². The molecule has 30 heavy (non-hydrogen) atoms. The van der Waals surface area contributed by atoms with Crippen LogP contribution in [0.5, 0.6) is 0 Å². The summed E-state index contributed by atoms with van der Waals surface area (Å²) in [6.07, 6.45) is 0. The number of aromatic nitrogens is 6. The number of hydrogen-bond donors (Lipinski definition) is 1. The van der Waals surface area contributed by atoms with Gasteiger partial charge in [0, 0.05) is 37.9 Å². The Morgan fingerprint density at radius 3 is 2.17 bits per heavy atom. The van der Waals surface area contributed by atoms with Crippen LogP contribution in [-0.2, 0) is 10.0 Å². The number of anilines is 1. The second-order valence-corrected chi connectivity index (χ2v) is 9.50. The van der Waals surface area contributed by atoms with E-state index in [0.29, 0.717) is 49.2 Å². The van der Waals surface area contributed by atoms with Gasteiger partial charge in [0.1, 0.15) is 16.5 Å². The number of piperazine rings is 1. The highest BCUT2D eigenvalue weighted by atomic mass is 32.2. The third-order valence-corrected chi connectivity index (χ3v) is 7.42. The molecule has 4 rings (SSSR count). The van der Waals surface area contributed by atoms with Gasteiger partial charge in [-0.3, -0.25) is 5.10 Å². The molecule has 11 heteroatoms. The van der Waals surface area contributed by atoms with E-state index < -0.39 is 10.0 Å². The van der Waals surface area contributed by atoms with Crippen LogP contribution < -0.4 is 4.90 Å². The molecule has 0 atom stereocenters. The van der Waals surface area contributed by atoms with Gasteiger partial charge in [-0.1, -0.05) is 0 Å². The van der Waals surface area contributed by atoms with Crippen molar-refractivity contribution < 1.29 is 8.42 Å². The van der Waals surface area contributed by atoms with E-state index in [9.17, 15) is 8.42 Å². The van der Waals surface area contributed by atoms with Gasteiger partial charge in [0.05, 0.1) is 17.1 Å². The number of sulfonamides is 1. The lowest BCUT2D eigenvalue weighted by Gasteiger charge is -2.34. The molecule has 1 fully saturated rings. The van der Waals surface area contributed by atoms with Crippen molar-refractivity contribution in [3.8, 4) is 5.82 Å². The molecule has 0 bridgehead atoms. The first kappa shape index (κ1) is 20.5. The predicted octanol–water partition coefficient (Wildman–Crippen LogP) is 1.44. The molecular formula is C19H26N8O2S. The molecule has 0 aliphatic carbocycles. The van der Waals surface area contributed by atoms with Crippen LogP contribution in [0.3, 0.4) is 0 Å². The minimum Gasteiger partial charge on any atom is -0.354 e. The number of H-pyrrole nitrogens is 1. The van der Waals surface area contributed by atoms with Gasteiger partial charge >= 0.3 is 0 Å². The lowest BCUT2D eigenvalue weighted by Crippen LogP contribution is -2.49. The Kier molecular flexibility index (Phi) is 5.10. The Morgan fingerprint density at radius 2 is 1.60 bits per heavy atom. The van der Waals surface area contributed by atoms with E-state index in [-0.39, 0.29) is 4.90 Å². The highest BCUT2D eigenvalue weighted by Crippen LogP contribution is 2.24. The zero-order chi connectivity index (χ0) is 21.6. The number of hydrogen-bond acceptors (Lipinski definition) is 7. The third-order valence-electron chi connectivity index (χ3n) is 5.26. The number of aryl methyl sites for hydroxylation is 5. The van der Waals surface area contributed by atoms with Crippen molar-refractivity contribution in [2.24, 2.45) is 0 Å². The van der Waals surface area contributed by atoms with Gasteiger partial charge in [0.15, 0.2) is 5.82 Å². The van der Waals surface area contributed by atoms with Crippen molar-refractivity contribution in [2.75, 3.05) is 31.1 Å². The number of nitrogens with zero attached hydrogens (tertiary/aromatic N) is 7. The summed E-state index contributed by atoms with van der Waals surface area (Å²) in [5.41, 5.74) is 2.99. The van der Waals surface area contributed by atoms with Crippen molar-refractivity contribution in [2.45, 2.75) is 39.5 Å². The molecule has 0 spiro atoms. The van der Waals surface area contributed by atoms with Crippen LogP contribution in [0.15, 0.2) is 17.0 Å². The van der Waals surface area contributed by atoms with E-state index >= 15 is 0 Å². The summed E-state index contributed by atoms with van der Waals surface area (Å²) in [6, 6.07) is 3.90. The van der Waals surface area contributed by atoms with Gasteiger partial charge in [0.25, 0.3) is 0 Å². The Balaban J connectivity index is 1.56. The van der Waals surface area contributed by atoms with E-state index in [4.69, 9.17) is 0 Å². The minimum absolute atomic E-state index is 0.278. The first-order valence-corrected chi connectivity index (χ1v) is 11.3. The first-order valence-electron chi connectivity index (χ1n) is 9.83. The van der Waals surface area contributed by atoms with E-state index in [2.05, 4.69) is 30.2 Å². The van der Waals surface area contributed by atoms with Crippen molar-refractivity contribution in [3.05, 3.63) is 40.7 Å². The molecule has 1 N–H and O–H groups in total. The third kappa shape index (κ3) is 3.58. The van der Waals surface area contributed by atoms with E-state index in [1.165, 1.54) is 4.31 Å². The molecule has 3 aromatic heterocycles. The molecule has 1 aliphatic heterocycles. The number of aromatic amines is 1. The molecule has 4 heterocycles. The average molecular weight is 431 g/mol. The van der Waals surface area contributed by atoms with Crippen molar-refractivity contribution >= 4 is 15.8 Å². The maximum Gasteiger partial charge on any atom is 0.246 e. The van der Waals surface area contributed by atoms with E-state index in [0.717, 1.165) is 17.2 Å². The average Bonchev–Trinajstić information content (AvgIpc) is 3.22. The van der Waals surface area contributed by atoms with Crippen LogP contribution in [0.25, 0.3) is 5.82 Å². The lowest BCUT2D eigenvalue weighted by molar-refractivity contribution is 0.383. The van der Waals surface area contributed by atoms with Crippen LogP contribution in [-0.4, -0.2) is 68.8 Å². The van der Waals surface area contributed by atoms with Crippen LogP contribution >= 0.6 is 0 Å². The topological polar surface area (TPSA) is 113 Å². The van der Waals surface area contributed by atoms with Gasteiger partial charge < -0.3 is 4.90 Å². The molecule has 0 radical (unpaired) electrons. The molecule has 10 nitrogen and oxygen atoms in total. The molecule has 0 amide bonds. The van der Waals surface area contributed by atoms with Gasteiger partial charge in [-0.15, -0.1) is 0 Å². The summed E-state index contributed by atoms with van der Waals surface area (Å²) in [5.74, 6) is 2.13. The molecule has 3 aromatic rings. The highest BCUT2D eigenvalue weighted by molar-refractivity contribution is 7.89. The Labute approximate surface area is 176 Å². The SMILES string of the molecule is Cc1cc(C)n(-c2cc(N3CCN(S(=O)(=O)c4c(C)n[nH]c4C)CC3)nc(C)n2)n1. The standard InChI is InChI=1S/C19H26N8O2S/c1-12-10-13(2)27(24-12)18-11-17(20-16(5)21-18)25-6-8-26(9-7-25)30(28,29)19-14(3)22-23-15(19)4/h10-11H,6-9H2,1-5H3,(H,22,23). The van der Waals surface area contributed by atoms with Crippen molar-refractivity contribution in [1.29, 1.82) is 0 Å². The Hall–Kier alpha value is -2.79. The summed E-state index contributed by atoms with van der Waals surface area (Å²) in [5, 5.41) is 11.3. The molecular weight excluding hydrogens is 404 g/mol. The van der Waals surface area contributed by atoms with Gasteiger partial charge in [-0.2, -0.15) is 14.5 Å². The summed E-state index contributed by atoms with van der Waals surface area (Å²) < 4.78 is 29.5. The van der Waals surface area contributed by atoms with Gasteiger partial charge in [-0.25, -0.2) is 23.1 Å². The second-order valence-electron chi connectivity index (χ2n) is 7.62. The number of rotatable bonds is 4. The molecule has 0 saturated carbocycles. The van der Waals surface area contributed by atoms with Crippen molar-refractivity contribution in [3.63, 3.8) is 0 Å². The molecule has 0 unspecified atom stereocenters. The molecule has 160 valence electrons. The van der Waals surface area contributed by atoms with Crippen LogP contribution in [0.4, 0.5) is 5.82 Å². The molecule has 0 aromatic carbocycles. The quantitative estimate of drug-likeness (QED) is 0.666. The summed E-state index contributed by atoms with van der Waals surface area (Å²) in [4.78, 5) is 11.5. The van der Waals surface area contributed by atoms with E-state index in [1.54, 1.807) is 18.5 Å². The fourth-order valence-corrected chi connectivity index (χ4v) is 5.63. The normalized spacial score (nSPS) is 15.7. The molecule has 1 saturated heterocycles. The van der Waals surface area contributed by atoms with Gasteiger partial charge in [0.2, 0.25) is 10.0 Å². The van der Waals surface area contributed by atoms with Crippen molar-refractivity contribution in [1.82, 2.24) is 34.3 Å². The smallest absolute Gasteiger partial charge is 0.246 e. The zero-order valence-corrected chi connectivity index (χ0v) is 18.7. The first-order chi connectivity index (χ1) is 14.2. The zero-order valence-electron chi connectivity index (χ0n) is 17.8. The Bertz CT molecular complexity index is 1170.